The monoisotopic (exact) mass is 195 g/mol. The van der Waals surface area contributed by atoms with E-state index in [1.807, 2.05) is 10.9 Å². The molecule has 1 fully saturated rings. The molecule has 4 nitrogen and oxygen atoms in total. The standard InChI is InChI=1S/C10H17N3O/c1-2-13-10(3-5-12-13)7-11-9-4-6-14-8-9/h3,5,9,11H,2,4,6-8H2,1H3. The van der Waals surface area contributed by atoms with Gasteiger partial charge in [0.2, 0.25) is 0 Å². The Morgan fingerprint density at radius 2 is 2.64 bits per heavy atom. The van der Waals surface area contributed by atoms with Gasteiger partial charge in [-0.3, -0.25) is 4.68 Å². The van der Waals surface area contributed by atoms with Crippen molar-refractivity contribution in [3.8, 4) is 0 Å². The summed E-state index contributed by atoms with van der Waals surface area (Å²) in [7, 11) is 0. The summed E-state index contributed by atoms with van der Waals surface area (Å²) in [6, 6.07) is 2.59. The number of rotatable bonds is 4. The van der Waals surface area contributed by atoms with E-state index in [1.165, 1.54) is 5.69 Å². The third-order valence-electron chi connectivity index (χ3n) is 2.61. The first-order valence-electron chi connectivity index (χ1n) is 5.22. The second kappa shape index (κ2) is 4.57. The van der Waals surface area contributed by atoms with Crippen molar-refractivity contribution >= 4 is 0 Å². The van der Waals surface area contributed by atoms with Gasteiger partial charge in [-0.05, 0) is 19.4 Å². The SMILES string of the molecule is CCn1nccc1CNC1CCOC1. The van der Waals surface area contributed by atoms with Crippen molar-refractivity contribution in [3.63, 3.8) is 0 Å². The normalized spacial score (nSPS) is 21.6. The van der Waals surface area contributed by atoms with Crippen LogP contribution in [0.2, 0.25) is 0 Å². The lowest BCUT2D eigenvalue weighted by molar-refractivity contribution is 0.189. The summed E-state index contributed by atoms with van der Waals surface area (Å²) < 4.78 is 7.32. The lowest BCUT2D eigenvalue weighted by Crippen LogP contribution is -2.29. The highest BCUT2D eigenvalue weighted by Gasteiger charge is 2.14. The summed E-state index contributed by atoms with van der Waals surface area (Å²) >= 11 is 0. The van der Waals surface area contributed by atoms with E-state index >= 15 is 0 Å². The molecule has 0 aliphatic carbocycles. The maximum atomic E-state index is 5.30. The van der Waals surface area contributed by atoms with Crippen LogP contribution in [-0.2, 0) is 17.8 Å². The number of nitrogens with one attached hydrogen (secondary N) is 1. The first-order valence-corrected chi connectivity index (χ1v) is 5.22. The fraction of sp³-hybridized carbons (Fsp3) is 0.700. The Kier molecular flexibility index (Phi) is 3.16. The lowest BCUT2D eigenvalue weighted by atomic mass is 10.2. The lowest BCUT2D eigenvalue weighted by Gasteiger charge is -2.10. The van der Waals surface area contributed by atoms with Crippen molar-refractivity contribution in [2.45, 2.75) is 32.5 Å². The van der Waals surface area contributed by atoms with Crippen LogP contribution in [0.25, 0.3) is 0 Å². The molecule has 78 valence electrons. The molecule has 0 spiro atoms. The van der Waals surface area contributed by atoms with Crippen molar-refractivity contribution in [3.05, 3.63) is 18.0 Å². The summed E-state index contributed by atoms with van der Waals surface area (Å²) in [6.45, 7) is 5.67. The molecule has 0 saturated carbocycles. The molecule has 0 bridgehead atoms. The predicted molar refractivity (Wildman–Crippen MR) is 54.0 cm³/mol. The number of hydrogen-bond acceptors (Lipinski definition) is 3. The number of aromatic nitrogens is 2. The van der Waals surface area contributed by atoms with Gasteiger partial charge < -0.3 is 10.1 Å². The number of hydrogen-bond donors (Lipinski definition) is 1. The largest absolute Gasteiger partial charge is 0.380 e. The smallest absolute Gasteiger partial charge is 0.0620 e. The Balaban J connectivity index is 1.84. The van der Waals surface area contributed by atoms with Crippen molar-refractivity contribution in [2.75, 3.05) is 13.2 Å². The molecule has 1 unspecified atom stereocenters. The highest BCUT2D eigenvalue weighted by Crippen LogP contribution is 2.05. The molecular weight excluding hydrogens is 178 g/mol. The summed E-state index contributed by atoms with van der Waals surface area (Å²) in [5.74, 6) is 0. The molecule has 0 radical (unpaired) electrons. The molecule has 1 aromatic heterocycles. The molecule has 1 aromatic rings. The van der Waals surface area contributed by atoms with Crippen molar-refractivity contribution < 1.29 is 4.74 Å². The molecule has 1 saturated heterocycles. The van der Waals surface area contributed by atoms with E-state index in [1.54, 1.807) is 0 Å². The van der Waals surface area contributed by atoms with Gasteiger partial charge in [-0.15, -0.1) is 0 Å². The van der Waals surface area contributed by atoms with Gasteiger partial charge in [-0.1, -0.05) is 0 Å². The van der Waals surface area contributed by atoms with Crippen LogP contribution in [0.15, 0.2) is 12.3 Å². The van der Waals surface area contributed by atoms with Crippen LogP contribution < -0.4 is 5.32 Å². The summed E-state index contributed by atoms with van der Waals surface area (Å²) in [6.07, 6.45) is 2.98. The van der Waals surface area contributed by atoms with Gasteiger partial charge in [-0.25, -0.2) is 0 Å². The van der Waals surface area contributed by atoms with Gasteiger partial charge in [0.15, 0.2) is 0 Å². The van der Waals surface area contributed by atoms with E-state index in [-0.39, 0.29) is 0 Å². The quantitative estimate of drug-likeness (QED) is 0.771. The molecule has 1 N–H and O–H groups in total. The van der Waals surface area contributed by atoms with Gasteiger partial charge in [0.1, 0.15) is 0 Å². The van der Waals surface area contributed by atoms with Gasteiger partial charge in [0.25, 0.3) is 0 Å². The minimum atomic E-state index is 0.523. The van der Waals surface area contributed by atoms with Crippen molar-refractivity contribution in [1.82, 2.24) is 15.1 Å². The number of aryl methyl sites for hydroxylation is 1. The van der Waals surface area contributed by atoms with Gasteiger partial charge >= 0.3 is 0 Å². The van der Waals surface area contributed by atoms with E-state index in [9.17, 15) is 0 Å². The van der Waals surface area contributed by atoms with E-state index in [4.69, 9.17) is 4.74 Å². The summed E-state index contributed by atoms with van der Waals surface area (Å²) in [5.41, 5.74) is 1.25. The Bertz CT molecular complexity index is 279. The average molecular weight is 195 g/mol. The van der Waals surface area contributed by atoms with Crippen LogP contribution in [0.3, 0.4) is 0 Å². The zero-order valence-electron chi connectivity index (χ0n) is 8.57. The van der Waals surface area contributed by atoms with Crippen LogP contribution in [0.5, 0.6) is 0 Å². The van der Waals surface area contributed by atoms with E-state index < -0.39 is 0 Å². The third kappa shape index (κ3) is 2.13. The van der Waals surface area contributed by atoms with E-state index in [0.717, 1.165) is 32.7 Å². The summed E-state index contributed by atoms with van der Waals surface area (Å²) in [4.78, 5) is 0. The Morgan fingerprint density at radius 1 is 1.71 bits per heavy atom. The molecule has 1 aliphatic rings. The first-order chi connectivity index (χ1) is 6.90. The molecular formula is C10H17N3O. The number of nitrogens with zero attached hydrogens (tertiary/aromatic N) is 2. The molecule has 1 aliphatic heterocycles. The fourth-order valence-corrected chi connectivity index (χ4v) is 1.74. The third-order valence-corrected chi connectivity index (χ3v) is 2.61. The Hall–Kier alpha value is -0.870. The topological polar surface area (TPSA) is 39.1 Å². The minimum absolute atomic E-state index is 0.523. The fourth-order valence-electron chi connectivity index (χ4n) is 1.74. The van der Waals surface area contributed by atoms with Crippen LogP contribution in [-0.4, -0.2) is 29.0 Å². The zero-order valence-corrected chi connectivity index (χ0v) is 8.57. The highest BCUT2D eigenvalue weighted by atomic mass is 16.5. The highest BCUT2D eigenvalue weighted by molar-refractivity contribution is 5.00. The first kappa shape index (κ1) is 9.68. The predicted octanol–water partition coefficient (Wildman–Crippen LogP) is 0.781. The minimum Gasteiger partial charge on any atom is -0.380 e. The molecule has 4 heteroatoms. The van der Waals surface area contributed by atoms with Gasteiger partial charge in [0, 0.05) is 31.9 Å². The summed E-state index contributed by atoms with van der Waals surface area (Å²) in [5, 5.41) is 7.70. The molecule has 2 rings (SSSR count). The Labute approximate surface area is 84.3 Å². The van der Waals surface area contributed by atoms with E-state index in [2.05, 4.69) is 23.4 Å². The molecule has 0 aromatic carbocycles. The van der Waals surface area contributed by atoms with Gasteiger partial charge in [0.05, 0.1) is 12.3 Å². The molecule has 2 heterocycles. The maximum absolute atomic E-state index is 5.30. The van der Waals surface area contributed by atoms with E-state index in [0.29, 0.717) is 6.04 Å². The van der Waals surface area contributed by atoms with Crippen molar-refractivity contribution in [1.29, 1.82) is 0 Å². The van der Waals surface area contributed by atoms with Crippen LogP contribution >= 0.6 is 0 Å². The van der Waals surface area contributed by atoms with Crippen molar-refractivity contribution in [2.24, 2.45) is 0 Å². The zero-order chi connectivity index (χ0) is 9.80. The second-order valence-electron chi connectivity index (χ2n) is 3.58. The number of ether oxygens (including phenoxy) is 1. The average Bonchev–Trinajstić information content (AvgIpc) is 2.85. The molecule has 0 amide bonds. The molecule has 1 atom stereocenters. The maximum Gasteiger partial charge on any atom is 0.0620 e. The van der Waals surface area contributed by atoms with Gasteiger partial charge in [-0.2, -0.15) is 5.10 Å². The van der Waals surface area contributed by atoms with Crippen LogP contribution in [0.1, 0.15) is 19.0 Å². The van der Waals surface area contributed by atoms with Crippen LogP contribution in [0, 0.1) is 0 Å². The molecule has 14 heavy (non-hydrogen) atoms. The second-order valence-corrected chi connectivity index (χ2v) is 3.58. The Morgan fingerprint density at radius 3 is 3.36 bits per heavy atom. The van der Waals surface area contributed by atoms with Crippen LogP contribution in [0.4, 0.5) is 0 Å².